The second-order valence-electron chi connectivity index (χ2n) is 5.41. The second kappa shape index (κ2) is 6.68. The van der Waals surface area contributed by atoms with Crippen LogP contribution < -0.4 is 0 Å². The molecule has 0 saturated heterocycles. The van der Waals surface area contributed by atoms with Crippen molar-refractivity contribution in [1.29, 1.82) is 0 Å². The van der Waals surface area contributed by atoms with Crippen LogP contribution in [0.1, 0.15) is 23.7 Å². The third-order valence-corrected chi connectivity index (χ3v) is 3.92. The van der Waals surface area contributed by atoms with E-state index in [2.05, 4.69) is 34.0 Å². The Morgan fingerprint density at radius 2 is 2.05 bits per heavy atom. The van der Waals surface area contributed by atoms with E-state index in [1.54, 1.807) is 12.4 Å². The molecule has 0 radical (unpaired) electrons. The zero-order valence-electron chi connectivity index (χ0n) is 12.6. The van der Waals surface area contributed by atoms with Crippen LogP contribution in [0.25, 0.3) is 5.65 Å². The number of hydrogen-bond donors (Lipinski definition) is 1. The first kappa shape index (κ1) is 14.7. The van der Waals surface area contributed by atoms with E-state index in [9.17, 15) is 5.11 Å². The van der Waals surface area contributed by atoms with Gasteiger partial charge in [-0.05, 0) is 19.0 Å². The zero-order valence-corrected chi connectivity index (χ0v) is 12.6. The molecule has 0 bridgehead atoms. The summed E-state index contributed by atoms with van der Waals surface area (Å²) < 4.78 is 2.05. The second-order valence-corrected chi connectivity index (χ2v) is 5.41. The summed E-state index contributed by atoms with van der Waals surface area (Å²) >= 11 is 0. The van der Waals surface area contributed by atoms with Crippen LogP contribution in [0.2, 0.25) is 0 Å². The first-order valence-corrected chi connectivity index (χ1v) is 7.41. The Labute approximate surface area is 129 Å². The van der Waals surface area contributed by atoms with Gasteiger partial charge in [-0.15, -0.1) is 0 Å². The quantitative estimate of drug-likeness (QED) is 0.758. The molecule has 5 heteroatoms. The van der Waals surface area contributed by atoms with Gasteiger partial charge in [-0.3, -0.25) is 14.3 Å². The highest BCUT2D eigenvalue weighted by Crippen LogP contribution is 2.24. The lowest BCUT2D eigenvalue weighted by molar-refractivity contribution is 0.178. The summed E-state index contributed by atoms with van der Waals surface area (Å²) in [7, 11) is 2.08. The van der Waals surface area contributed by atoms with E-state index in [-0.39, 0.29) is 12.6 Å². The van der Waals surface area contributed by atoms with Crippen LogP contribution in [0.15, 0.2) is 55.1 Å². The highest BCUT2D eigenvalue weighted by molar-refractivity contribution is 5.36. The average Bonchev–Trinajstić information content (AvgIpc) is 2.96. The molecule has 0 aliphatic rings. The Morgan fingerprint density at radius 1 is 1.23 bits per heavy atom. The summed E-state index contributed by atoms with van der Waals surface area (Å²) in [5, 5.41) is 9.39. The summed E-state index contributed by atoms with van der Waals surface area (Å²) in [4.78, 5) is 10.7. The number of benzene rings is 1. The molecule has 1 aromatic carbocycles. The Kier molecular flexibility index (Phi) is 4.46. The summed E-state index contributed by atoms with van der Waals surface area (Å²) in [6, 6.07) is 10.5. The Hall–Kier alpha value is -2.24. The van der Waals surface area contributed by atoms with Gasteiger partial charge in [-0.1, -0.05) is 30.3 Å². The smallest absolute Gasteiger partial charge is 0.155 e. The van der Waals surface area contributed by atoms with Crippen LogP contribution in [-0.4, -0.2) is 38.0 Å². The highest BCUT2D eigenvalue weighted by atomic mass is 16.3. The van der Waals surface area contributed by atoms with Gasteiger partial charge in [0.15, 0.2) is 5.65 Å². The fraction of sp³-hybridized carbons (Fsp3) is 0.294. The average molecular weight is 296 g/mol. The molecule has 2 aromatic heterocycles. The number of aromatic nitrogens is 3. The molecule has 2 heterocycles. The number of imidazole rings is 1. The third kappa shape index (κ3) is 3.00. The summed E-state index contributed by atoms with van der Waals surface area (Å²) in [6.07, 6.45) is 8.04. The SMILES string of the molecule is CN(Cc1cnc2cnccn12)C(CCO)c1ccccc1. The van der Waals surface area contributed by atoms with Gasteiger partial charge in [0.2, 0.25) is 0 Å². The Bertz CT molecular complexity index is 726. The van der Waals surface area contributed by atoms with E-state index < -0.39 is 0 Å². The van der Waals surface area contributed by atoms with Crippen molar-refractivity contribution < 1.29 is 5.11 Å². The molecule has 1 atom stereocenters. The van der Waals surface area contributed by atoms with Crippen molar-refractivity contribution in [2.75, 3.05) is 13.7 Å². The van der Waals surface area contributed by atoms with Crippen LogP contribution in [0.5, 0.6) is 0 Å². The monoisotopic (exact) mass is 296 g/mol. The summed E-state index contributed by atoms with van der Waals surface area (Å²) in [5.74, 6) is 0. The fourth-order valence-corrected chi connectivity index (χ4v) is 2.82. The van der Waals surface area contributed by atoms with Crippen molar-refractivity contribution in [3.63, 3.8) is 0 Å². The van der Waals surface area contributed by atoms with E-state index in [1.807, 2.05) is 35.0 Å². The molecule has 0 amide bonds. The van der Waals surface area contributed by atoms with Crippen LogP contribution in [0.4, 0.5) is 0 Å². The maximum atomic E-state index is 9.39. The van der Waals surface area contributed by atoms with E-state index in [0.717, 1.165) is 17.9 Å². The normalized spacial score (nSPS) is 12.9. The lowest BCUT2D eigenvalue weighted by Gasteiger charge is -2.28. The predicted molar refractivity (Wildman–Crippen MR) is 85.3 cm³/mol. The number of aliphatic hydroxyl groups is 1. The first-order chi connectivity index (χ1) is 10.8. The summed E-state index contributed by atoms with van der Waals surface area (Å²) in [5.41, 5.74) is 3.18. The largest absolute Gasteiger partial charge is 0.396 e. The number of aliphatic hydroxyl groups excluding tert-OH is 1. The highest BCUT2D eigenvalue weighted by Gasteiger charge is 2.18. The molecule has 114 valence electrons. The lowest BCUT2D eigenvalue weighted by atomic mass is 10.0. The van der Waals surface area contributed by atoms with Gasteiger partial charge in [0.05, 0.1) is 18.1 Å². The van der Waals surface area contributed by atoms with Gasteiger partial charge >= 0.3 is 0 Å². The molecule has 0 aliphatic heterocycles. The molecular formula is C17H20N4O. The summed E-state index contributed by atoms with van der Waals surface area (Å²) in [6.45, 7) is 0.922. The van der Waals surface area contributed by atoms with Crippen molar-refractivity contribution >= 4 is 5.65 Å². The van der Waals surface area contributed by atoms with Crippen molar-refractivity contribution in [2.24, 2.45) is 0 Å². The van der Waals surface area contributed by atoms with Crippen molar-refractivity contribution in [1.82, 2.24) is 19.3 Å². The number of nitrogens with zero attached hydrogens (tertiary/aromatic N) is 4. The van der Waals surface area contributed by atoms with E-state index in [1.165, 1.54) is 5.56 Å². The molecular weight excluding hydrogens is 276 g/mol. The van der Waals surface area contributed by atoms with Crippen LogP contribution >= 0.6 is 0 Å². The molecule has 1 N–H and O–H groups in total. The van der Waals surface area contributed by atoms with Crippen molar-refractivity contribution in [3.05, 3.63) is 66.4 Å². The fourth-order valence-electron chi connectivity index (χ4n) is 2.82. The van der Waals surface area contributed by atoms with E-state index in [0.29, 0.717) is 6.42 Å². The van der Waals surface area contributed by atoms with Crippen LogP contribution in [-0.2, 0) is 6.54 Å². The van der Waals surface area contributed by atoms with Gasteiger partial charge in [0.1, 0.15) is 0 Å². The van der Waals surface area contributed by atoms with Crippen LogP contribution in [0.3, 0.4) is 0 Å². The molecule has 0 aliphatic carbocycles. The molecule has 0 saturated carbocycles. The molecule has 22 heavy (non-hydrogen) atoms. The molecule has 3 aromatic rings. The van der Waals surface area contributed by atoms with Crippen molar-refractivity contribution in [3.8, 4) is 0 Å². The number of hydrogen-bond acceptors (Lipinski definition) is 4. The lowest BCUT2D eigenvalue weighted by Crippen LogP contribution is -2.25. The molecule has 5 nitrogen and oxygen atoms in total. The minimum Gasteiger partial charge on any atom is -0.396 e. The van der Waals surface area contributed by atoms with E-state index >= 15 is 0 Å². The molecule has 0 fully saturated rings. The maximum absolute atomic E-state index is 9.39. The van der Waals surface area contributed by atoms with Gasteiger partial charge in [-0.25, -0.2) is 4.98 Å². The minimum absolute atomic E-state index is 0.168. The number of fused-ring (bicyclic) bond motifs is 1. The maximum Gasteiger partial charge on any atom is 0.155 e. The first-order valence-electron chi connectivity index (χ1n) is 7.41. The molecule has 3 rings (SSSR count). The Morgan fingerprint density at radius 3 is 2.82 bits per heavy atom. The van der Waals surface area contributed by atoms with E-state index in [4.69, 9.17) is 0 Å². The van der Waals surface area contributed by atoms with Gasteiger partial charge in [0.25, 0.3) is 0 Å². The predicted octanol–water partition coefficient (Wildman–Crippen LogP) is 2.28. The third-order valence-electron chi connectivity index (χ3n) is 3.92. The zero-order chi connectivity index (χ0) is 15.4. The van der Waals surface area contributed by atoms with Gasteiger partial charge in [-0.2, -0.15) is 0 Å². The molecule has 0 spiro atoms. The Balaban J connectivity index is 1.83. The number of rotatable bonds is 6. The van der Waals surface area contributed by atoms with Crippen LogP contribution in [0, 0.1) is 0 Å². The van der Waals surface area contributed by atoms with Gasteiger partial charge < -0.3 is 5.11 Å². The standard InChI is InChI=1S/C17H20N4O/c1-20(16(7-10-22)14-5-3-2-4-6-14)13-15-11-19-17-12-18-8-9-21(15)17/h2-6,8-9,11-12,16,22H,7,10,13H2,1H3. The molecule has 1 unspecified atom stereocenters. The van der Waals surface area contributed by atoms with Gasteiger partial charge in [0, 0.05) is 31.6 Å². The topological polar surface area (TPSA) is 53.7 Å². The van der Waals surface area contributed by atoms with Crippen molar-refractivity contribution in [2.45, 2.75) is 19.0 Å². The minimum atomic E-state index is 0.168.